The summed E-state index contributed by atoms with van der Waals surface area (Å²) in [5.74, 6) is 0.726. The number of nitrogens with two attached hydrogens (primary N) is 1. The number of aliphatic hydroxyl groups is 1. The largest absolute Gasteiger partial charge is 0.496 e. The average molecular weight is 259 g/mol. The Morgan fingerprint density at radius 3 is 2.88 bits per heavy atom. The molecule has 0 heterocycles. The first kappa shape index (κ1) is 14.3. The summed E-state index contributed by atoms with van der Waals surface area (Å²) in [5, 5.41) is 12.6. The zero-order chi connectivity index (χ0) is 12.7. The highest BCUT2D eigenvalue weighted by molar-refractivity contribution is 6.31. The van der Waals surface area contributed by atoms with Crippen molar-refractivity contribution in [1.29, 1.82) is 0 Å². The van der Waals surface area contributed by atoms with Crippen molar-refractivity contribution < 1.29 is 9.84 Å². The number of halogens is 1. The van der Waals surface area contributed by atoms with Gasteiger partial charge in [-0.05, 0) is 25.1 Å². The first-order valence-corrected chi connectivity index (χ1v) is 5.99. The minimum Gasteiger partial charge on any atom is -0.496 e. The number of hydrogen-bond donors (Lipinski definition) is 3. The van der Waals surface area contributed by atoms with E-state index in [1.54, 1.807) is 7.11 Å². The summed E-state index contributed by atoms with van der Waals surface area (Å²) in [6.45, 7) is 1.27. The maximum atomic E-state index is 8.76. The van der Waals surface area contributed by atoms with Gasteiger partial charge in [0.25, 0.3) is 0 Å². The van der Waals surface area contributed by atoms with Crippen LogP contribution in [0, 0.1) is 0 Å². The second-order valence-electron chi connectivity index (χ2n) is 3.68. The third kappa shape index (κ3) is 3.85. The van der Waals surface area contributed by atoms with E-state index in [2.05, 4.69) is 5.32 Å². The van der Waals surface area contributed by atoms with E-state index in [0.717, 1.165) is 11.3 Å². The van der Waals surface area contributed by atoms with E-state index in [1.165, 1.54) is 0 Å². The Morgan fingerprint density at radius 2 is 2.29 bits per heavy atom. The van der Waals surface area contributed by atoms with Crippen molar-refractivity contribution in [3.8, 4) is 5.75 Å². The van der Waals surface area contributed by atoms with Crippen molar-refractivity contribution in [2.45, 2.75) is 12.5 Å². The normalized spacial score (nSPS) is 12.5. The molecule has 0 bridgehead atoms. The molecule has 1 rings (SSSR count). The van der Waals surface area contributed by atoms with Gasteiger partial charge in [0.2, 0.25) is 0 Å². The third-order valence-corrected chi connectivity index (χ3v) is 2.87. The van der Waals surface area contributed by atoms with Gasteiger partial charge in [-0.1, -0.05) is 17.7 Å². The lowest BCUT2D eigenvalue weighted by Crippen LogP contribution is -2.30. The van der Waals surface area contributed by atoms with Crippen molar-refractivity contribution in [3.05, 3.63) is 28.8 Å². The average Bonchev–Trinajstić information content (AvgIpc) is 2.35. The van der Waals surface area contributed by atoms with Gasteiger partial charge in [0.15, 0.2) is 0 Å². The SMILES string of the molecule is COc1cccc(Cl)c1C(CN)NCCCO. The molecule has 0 saturated heterocycles. The predicted molar refractivity (Wildman–Crippen MR) is 69.5 cm³/mol. The fraction of sp³-hybridized carbons (Fsp3) is 0.500. The first-order chi connectivity index (χ1) is 8.24. The Kier molecular flexibility index (Phi) is 6.29. The maximum absolute atomic E-state index is 8.76. The first-order valence-electron chi connectivity index (χ1n) is 5.61. The Balaban J connectivity index is 2.86. The zero-order valence-corrected chi connectivity index (χ0v) is 10.7. The lowest BCUT2D eigenvalue weighted by Gasteiger charge is -2.20. The molecule has 0 aromatic heterocycles. The van der Waals surface area contributed by atoms with E-state index in [9.17, 15) is 0 Å². The lowest BCUT2D eigenvalue weighted by atomic mass is 10.1. The second-order valence-corrected chi connectivity index (χ2v) is 4.08. The molecule has 1 atom stereocenters. The van der Waals surface area contributed by atoms with Gasteiger partial charge in [0, 0.05) is 29.8 Å². The molecule has 0 amide bonds. The molecule has 0 spiro atoms. The summed E-state index contributed by atoms with van der Waals surface area (Å²) in [7, 11) is 1.61. The minimum atomic E-state index is -0.0646. The van der Waals surface area contributed by atoms with Gasteiger partial charge in [-0.15, -0.1) is 0 Å². The van der Waals surface area contributed by atoms with Crippen LogP contribution in [0.2, 0.25) is 5.02 Å². The van der Waals surface area contributed by atoms with Gasteiger partial charge in [0.05, 0.1) is 7.11 Å². The van der Waals surface area contributed by atoms with E-state index >= 15 is 0 Å². The van der Waals surface area contributed by atoms with Gasteiger partial charge >= 0.3 is 0 Å². The number of benzene rings is 1. The molecule has 0 fully saturated rings. The Hall–Kier alpha value is -0.810. The van der Waals surface area contributed by atoms with Crippen molar-refractivity contribution >= 4 is 11.6 Å². The molecule has 0 aliphatic carbocycles. The van der Waals surface area contributed by atoms with Crippen molar-refractivity contribution in [2.24, 2.45) is 5.73 Å². The van der Waals surface area contributed by atoms with Gasteiger partial charge in [-0.3, -0.25) is 0 Å². The maximum Gasteiger partial charge on any atom is 0.125 e. The highest BCUT2D eigenvalue weighted by atomic mass is 35.5. The molecule has 5 heteroatoms. The highest BCUT2D eigenvalue weighted by Gasteiger charge is 2.17. The lowest BCUT2D eigenvalue weighted by molar-refractivity contribution is 0.283. The van der Waals surface area contributed by atoms with Crippen LogP contribution < -0.4 is 15.8 Å². The van der Waals surface area contributed by atoms with Crippen molar-refractivity contribution in [3.63, 3.8) is 0 Å². The molecular weight excluding hydrogens is 240 g/mol. The Bertz CT molecular complexity index is 347. The smallest absolute Gasteiger partial charge is 0.125 e. The summed E-state index contributed by atoms with van der Waals surface area (Å²) in [6, 6.07) is 5.45. The topological polar surface area (TPSA) is 67.5 Å². The number of aliphatic hydroxyl groups excluding tert-OH is 1. The molecule has 0 aliphatic rings. The number of rotatable bonds is 7. The molecule has 4 N–H and O–H groups in total. The minimum absolute atomic E-state index is 0.0646. The number of nitrogens with one attached hydrogen (secondary N) is 1. The standard InChI is InChI=1S/C12H19ClN2O2/c1-17-11-5-2-4-9(13)12(11)10(8-14)15-6-3-7-16/h2,4-5,10,15-16H,3,6-8,14H2,1H3. The summed E-state index contributed by atoms with van der Waals surface area (Å²) in [6.07, 6.45) is 0.684. The summed E-state index contributed by atoms with van der Waals surface area (Å²) >= 11 is 6.17. The molecule has 1 aromatic carbocycles. The van der Waals surface area contributed by atoms with Crippen LogP contribution in [0.25, 0.3) is 0 Å². The van der Waals surface area contributed by atoms with Crippen LogP contribution in [-0.4, -0.2) is 31.9 Å². The predicted octanol–water partition coefficient (Wildman–Crippen LogP) is 1.32. The van der Waals surface area contributed by atoms with Crippen LogP contribution in [0.3, 0.4) is 0 Å². The summed E-state index contributed by atoms with van der Waals surface area (Å²) in [4.78, 5) is 0. The van der Waals surface area contributed by atoms with Crippen LogP contribution in [0.1, 0.15) is 18.0 Å². The van der Waals surface area contributed by atoms with Gasteiger partial charge in [0.1, 0.15) is 5.75 Å². The molecule has 17 heavy (non-hydrogen) atoms. The van der Waals surface area contributed by atoms with Gasteiger partial charge in [-0.25, -0.2) is 0 Å². The van der Waals surface area contributed by atoms with Gasteiger partial charge in [-0.2, -0.15) is 0 Å². The Labute approximate surface area is 107 Å². The Morgan fingerprint density at radius 1 is 1.53 bits per heavy atom. The van der Waals surface area contributed by atoms with Crippen LogP contribution in [0.4, 0.5) is 0 Å². The zero-order valence-electron chi connectivity index (χ0n) is 9.95. The molecule has 0 saturated carbocycles. The molecule has 1 unspecified atom stereocenters. The number of methoxy groups -OCH3 is 1. The van der Waals surface area contributed by atoms with Crippen LogP contribution in [0.5, 0.6) is 5.75 Å². The van der Waals surface area contributed by atoms with Crippen LogP contribution >= 0.6 is 11.6 Å². The molecule has 1 aromatic rings. The molecule has 0 radical (unpaired) electrons. The summed E-state index contributed by atoms with van der Waals surface area (Å²) in [5.41, 5.74) is 6.61. The van der Waals surface area contributed by atoms with Crippen LogP contribution in [-0.2, 0) is 0 Å². The molecular formula is C12H19ClN2O2. The van der Waals surface area contributed by atoms with E-state index in [0.29, 0.717) is 24.5 Å². The molecule has 96 valence electrons. The summed E-state index contributed by atoms with van der Waals surface area (Å²) < 4.78 is 5.29. The van der Waals surface area contributed by atoms with E-state index < -0.39 is 0 Å². The van der Waals surface area contributed by atoms with Crippen molar-refractivity contribution in [1.82, 2.24) is 5.32 Å². The van der Waals surface area contributed by atoms with E-state index in [1.807, 2.05) is 18.2 Å². The quantitative estimate of drug-likeness (QED) is 0.646. The second kappa shape index (κ2) is 7.50. The number of hydrogen-bond acceptors (Lipinski definition) is 4. The highest BCUT2D eigenvalue weighted by Crippen LogP contribution is 2.31. The fourth-order valence-corrected chi connectivity index (χ4v) is 1.99. The monoisotopic (exact) mass is 258 g/mol. The van der Waals surface area contributed by atoms with Crippen molar-refractivity contribution in [2.75, 3.05) is 26.8 Å². The molecule has 4 nitrogen and oxygen atoms in total. The van der Waals surface area contributed by atoms with Gasteiger partial charge < -0.3 is 20.9 Å². The fourth-order valence-electron chi connectivity index (χ4n) is 1.69. The number of ether oxygens (including phenoxy) is 1. The molecule has 0 aliphatic heterocycles. The van der Waals surface area contributed by atoms with Crippen LogP contribution in [0.15, 0.2) is 18.2 Å². The van der Waals surface area contributed by atoms with E-state index in [-0.39, 0.29) is 12.6 Å². The van der Waals surface area contributed by atoms with E-state index in [4.69, 9.17) is 27.2 Å². The third-order valence-electron chi connectivity index (χ3n) is 2.54.